The van der Waals surface area contributed by atoms with Gasteiger partial charge in [-0.2, -0.15) is 0 Å². The Morgan fingerprint density at radius 3 is 2.38 bits per heavy atom. The van der Waals surface area contributed by atoms with Gasteiger partial charge in [0.1, 0.15) is 11.1 Å². The van der Waals surface area contributed by atoms with Crippen LogP contribution in [0.4, 0.5) is 5.69 Å². The summed E-state index contributed by atoms with van der Waals surface area (Å²) in [6.07, 6.45) is 5.35. The van der Waals surface area contributed by atoms with Crippen molar-refractivity contribution < 1.29 is 19.8 Å². The molecular weight excluding hydrogens is 448 g/mol. The Morgan fingerprint density at radius 1 is 1.21 bits per heavy atom. The second-order valence-corrected chi connectivity index (χ2v) is 12.2. The highest BCUT2D eigenvalue weighted by molar-refractivity contribution is 7.15. The maximum atomic E-state index is 13.0. The number of amides is 1. The molecule has 2 atom stereocenters. The Kier molecular flexibility index (Phi) is 8.70. The van der Waals surface area contributed by atoms with Crippen LogP contribution in [0.5, 0.6) is 0 Å². The second-order valence-electron chi connectivity index (χ2n) is 11.1. The highest BCUT2D eigenvalue weighted by Crippen LogP contribution is 2.38. The fourth-order valence-electron chi connectivity index (χ4n) is 4.94. The Morgan fingerprint density at radius 2 is 1.82 bits per heavy atom. The highest BCUT2D eigenvalue weighted by atomic mass is 32.1. The zero-order valence-corrected chi connectivity index (χ0v) is 22.1. The first-order valence-electron chi connectivity index (χ1n) is 12.6. The molecule has 188 valence electrons. The van der Waals surface area contributed by atoms with Crippen LogP contribution in [-0.4, -0.2) is 52.3 Å². The van der Waals surface area contributed by atoms with Gasteiger partial charge in [0.2, 0.25) is 5.91 Å². The molecule has 0 radical (unpaired) electrons. The van der Waals surface area contributed by atoms with Gasteiger partial charge in [-0.15, -0.1) is 11.3 Å². The minimum absolute atomic E-state index is 0.0474. The molecule has 1 aromatic heterocycles. The maximum Gasteiger partial charge on any atom is 0.348 e. The minimum Gasteiger partial charge on any atom is -0.477 e. The molecule has 2 N–H and O–H groups in total. The monoisotopic (exact) mass is 488 g/mol. The first-order chi connectivity index (χ1) is 16.0. The van der Waals surface area contributed by atoms with E-state index in [-0.39, 0.29) is 34.6 Å². The van der Waals surface area contributed by atoms with Gasteiger partial charge < -0.3 is 20.0 Å². The number of carbonyl (C=O) groups excluding carboxylic acids is 1. The van der Waals surface area contributed by atoms with E-state index in [1.165, 1.54) is 0 Å². The van der Waals surface area contributed by atoms with E-state index in [4.69, 9.17) is 0 Å². The van der Waals surface area contributed by atoms with Crippen molar-refractivity contribution in [3.63, 3.8) is 0 Å². The van der Waals surface area contributed by atoms with Crippen LogP contribution in [0.1, 0.15) is 94.1 Å². The van der Waals surface area contributed by atoms with Gasteiger partial charge >= 0.3 is 5.97 Å². The van der Waals surface area contributed by atoms with Crippen molar-refractivity contribution in [2.75, 3.05) is 18.0 Å². The molecule has 0 bridgehead atoms. The number of carbonyl (C=O) groups is 2. The van der Waals surface area contributed by atoms with E-state index in [0.717, 1.165) is 63.0 Å². The van der Waals surface area contributed by atoms with E-state index in [9.17, 15) is 19.8 Å². The molecule has 1 amide bonds. The number of aromatic carboxylic acids is 1. The van der Waals surface area contributed by atoms with Gasteiger partial charge in [0.15, 0.2) is 0 Å². The molecule has 1 aliphatic carbocycles. The smallest absolute Gasteiger partial charge is 0.348 e. The Bertz CT molecular complexity index is 925. The number of carboxylic acids is 1. The molecule has 3 rings (SSSR count). The van der Waals surface area contributed by atoms with Crippen LogP contribution in [0, 0.1) is 29.1 Å². The van der Waals surface area contributed by atoms with Gasteiger partial charge in [0, 0.05) is 36.9 Å². The maximum absolute atomic E-state index is 13.0. The van der Waals surface area contributed by atoms with Crippen molar-refractivity contribution in [1.29, 1.82) is 0 Å². The lowest BCUT2D eigenvalue weighted by Crippen LogP contribution is -2.49. The number of anilines is 1. The van der Waals surface area contributed by atoms with Gasteiger partial charge in [-0.05, 0) is 65.4 Å². The third kappa shape index (κ3) is 6.76. The summed E-state index contributed by atoms with van der Waals surface area (Å²) in [7, 11) is 0. The summed E-state index contributed by atoms with van der Waals surface area (Å²) in [6, 6.07) is 1.46. The predicted octanol–water partition coefficient (Wildman–Crippen LogP) is 5.20. The van der Waals surface area contributed by atoms with Crippen molar-refractivity contribution in [3.8, 4) is 11.8 Å². The number of aliphatic hydroxyl groups excluding tert-OH is 1. The molecular formula is C27H40N2O4S. The zero-order valence-electron chi connectivity index (χ0n) is 21.3. The van der Waals surface area contributed by atoms with E-state index >= 15 is 0 Å². The SMILES string of the molecule is CC1CCC(C(O)N(c2cc(C#CC(C)(C)C)sc2C(=O)O)[C@H](C)CC(=O)N2CCCC2)CC1. The number of thiophene rings is 1. The van der Waals surface area contributed by atoms with Crippen LogP contribution >= 0.6 is 11.3 Å². The fraction of sp³-hybridized carbons (Fsp3) is 0.704. The lowest BCUT2D eigenvalue weighted by molar-refractivity contribution is -0.130. The fourth-order valence-corrected chi connectivity index (χ4v) is 5.78. The third-order valence-corrected chi connectivity index (χ3v) is 7.94. The first kappa shape index (κ1) is 26.6. The number of carboxylic acid groups (broad SMARTS) is 1. The first-order valence-corrected chi connectivity index (χ1v) is 13.4. The van der Waals surface area contributed by atoms with Crippen LogP contribution in [0.15, 0.2) is 6.07 Å². The summed E-state index contributed by atoms with van der Waals surface area (Å²) in [4.78, 5) is 29.7. The molecule has 1 saturated heterocycles. The summed E-state index contributed by atoms with van der Waals surface area (Å²) in [5, 5.41) is 21.6. The number of hydrogen-bond donors (Lipinski definition) is 2. The Hall–Kier alpha value is -2.04. The second kappa shape index (κ2) is 11.1. The van der Waals surface area contributed by atoms with Crippen LogP contribution < -0.4 is 4.90 Å². The molecule has 1 aliphatic heterocycles. The Balaban J connectivity index is 1.96. The summed E-state index contributed by atoms with van der Waals surface area (Å²) >= 11 is 1.14. The molecule has 0 aromatic carbocycles. The molecule has 7 heteroatoms. The molecule has 1 unspecified atom stereocenters. The third-order valence-electron chi connectivity index (χ3n) is 6.92. The van der Waals surface area contributed by atoms with E-state index < -0.39 is 12.2 Å². The minimum atomic E-state index is -1.03. The lowest BCUT2D eigenvalue weighted by Gasteiger charge is -2.41. The molecule has 1 saturated carbocycles. The van der Waals surface area contributed by atoms with Gasteiger partial charge in [-0.3, -0.25) is 4.79 Å². The van der Waals surface area contributed by atoms with Crippen LogP contribution in [0.25, 0.3) is 0 Å². The van der Waals surface area contributed by atoms with Crippen LogP contribution in [-0.2, 0) is 4.79 Å². The van der Waals surface area contributed by atoms with Crippen molar-refractivity contribution in [1.82, 2.24) is 4.90 Å². The molecule has 2 fully saturated rings. The quantitative estimate of drug-likeness (QED) is 0.407. The standard InChI is InChI=1S/C27H40N2O4S/c1-18-8-10-20(11-9-18)25(31)29(19(2)16-23(30)28-14-6-7-15-28)22-17-21(12-13-27(3,4)5)34-24(22)26(32)33/h17-20,25,31H,6-11,14-16H2,1-5H3,(H,32,33)/t18?,19-,20?,25?/m1/s1. The van der Waals surface area contributed by atoms with Gasteiger partial charge in [-0.1, -0.05) is 31.6 Å². The molecule has 2 aliphatic rings. The summed E-state index contributed by atoms with van der Waals surface area (Å²) in [5.41, 5.74) is 0.268. The van der Waals surface area contributed by atoms with Gasteiger partial charge in [-0.25, -0.2) is 4.79 Å². The van der Waals surface area contributed by atoms with Gasteiger partial charge in [0.25, 0.3) is 0 Å². The molecule has 6 nitrogen and oxygen atoms in total. The van der Waals surface area contributed by atoms with E-state index in [2.05, 4.69) is 18.8 Å². The number of nitrogens with zero attached hydrogens (tertiary/aromatic N) is 2. The highest BCUT2D eigenvalue weighted by Gasteiger charge is 2.36. The normalized spacial score (nSPS) is 22.6. The largest absolute Gasteiger partial charge is 0.477 e. The van der Waals surface area contributed by atoms with E-state index in [1.807, 2.05) is 32.6 Å². The summed E-state index contributed by atoms with van der Waals surface area (Å²) in [6.45, 7) is 11.8. The number of aliphatic hydroxyl groups is 1. The zero-order chi connectivity index (χ0) is 25.0. The van der Waals surface area contributed by atoms with Crippen molar-refractivity contribution in [3.05, 3.63) is 15.8 Å². The molecule has 1 aromatic rings. The Labute approximate surface area is 208 Å². The number of hydrogen-bond acceptors (Lipinski definition) is 5. The summed E-state index contributed by atoms with van der Waals surface area (Å²) in [5.74, 6) is 6.03. The molecule has 0 spiro atoms. The molecule has 34 heavy (non-hydrogen) atoms. The number of rotatable bonds is 7. The van der Waals surface area contributed by atoms with Crippen LogP contribution in [0.2, 0.25) is 0 Å². The molecule has 2 heterocycles. The number of likely N-dealkylation sites (tertiary alicyclic amines) is 1. The van der Waals surface area contributed by atoms with Crippen molar-refractivity contribution in [2.45, 2.75) is 91.8 Å². The average Bonchev–Trinajstić information content (AvgIpc) is 3.43. The van der Waals surface area contributed by atoms with E-state index in [1.54, 1.807) is 11.0 Å². The average molecular weight is 489 g/mol. The lowest BCUT2D eigenvalue weighted by atomic mass is 9.81. The van der Waals surface area contributed by atoms with Crippen molar-refractivity contribution in [2.24, 2.45) is 17.3 Å². The van der Waals surface area contributed by atoms with Gasteiger partial charge in [0.05, 0.1) is 10.6 Å². The van der Waals surface area contributed by atoms with Crippen LogP contribution in [0.3, 0.4) is 0 Å². The topological polar surface area (TPSA) is 81.1 Å². The summed E-state index contributed by atoms with van der Waals surface area (Å²) < 4.78 is 0. The predicted molar refractivity (Wildman–Crippen MR) is 137 cm³/mol. The van der Waals surface area contributed by atoms with E-state index in [0.29, 0.717) is 16.5 Å². The van der Waals surface area contributed by atoms with Crippen molar-refractivity contribution >= 4 is 28.9 Å².